The summed E-state index contributed by atoms with van der Waals surface area (Å²) in [5, 5.41) is 3.34. The molecule has 0 radical (unpaired) electrons. The number of hydrogen-bond donors (Lipinski definition) is 1. The van der Waals surface area contributed by atoms with E-state index in [1.54, 1.807) is 0 Å². The topological polar surface area (TPSA) is 12.0 Å². The Kier molecular flexibility index (Phi) is 3.17. The average Bonchev–Trinajstić information content (AvgIpc) is 2.94. The van der Waals surface area contributed by atoms with E-state index in [1.165, 1.54) is 22.9 Å². The molecule has 1 saturated carbocycles. The van der Waals surface area contributed by atoms with Crippen molar-refractivity contribution >= 4 is 15.9 Å². The molecule has 2 unspecified atom stereocenters. The van der Waals surface area contributed by atoms with Crippen LogP contribution in [0.3, 0.4) is 0 Å². The lowest BCUT2D eigenvalue weighted by molar-refractivity contribution is 0.554. The third-order valence-electron chi connectivity index (χ3n) is 3.64. The second-order valence-electron chi connectivity index (χ2n) is 4.50. The molecule has 1 aliphatic carbocycles. The molecule has 1 aromatic carbocycles. The summed E-state index contributed by atoms with van der Waals surface area (Å²) in [5.74, 6) is 0.867. The van der Waals surface area contributed by atoms with Crippen LogP contribution in [0.1, 0.15) is 25.3 Å². The molecule has 1 fully saturated rings. The van der Waals surface area contributed by atoms with Gasteiger partial charge in [-0.25, -0.2) is 0 Å². The summed E-state index contributed by atoms with van der Waals surface area (Å²) in [6, 6.07) is 8.82. The van der Waals surface area contributed by atoms with Crippen molar-refractivity contribution in [2.24, 2.45) is 5.92 Å². The fourth-order valence-corrected chi connectivity index (χ4v) is 2.95. The van der Waals surface area contributed by atoms with Crippen LogP contribution in [-0.2, 0) is 5.41 Å². The third-order valence-corrected chi connectivity index (χ3v) is 4.16. The molecule has 0 aromatic heterocycles. The van der Waals surface area contributed by atoms with E-state index in [2.05, 4.69) is 52.4 Å². The molecule has 0 spiro atoms. The molecule has 82 valence electrons. The summed E-state index contributed by atoms with van der Waals surface area (Å²) in [6.07, 6.45) is 2.63. The standard InChI is InChI=1S/C13H18BrN/c1-3-10-8-13(10,9-15-2)11-4-6-12(14)7-5-11/h4-7,10,15H,3,8-9H2,1-2H3. The first-order chi connectivity index (χ1) is 7.23. The van der Waals surface area contributed by atoms with Crippen LogP contribution in [0.25, 0.3) is 0 Å². The molecule has 1 aliphatic rings. The number of rotatable bonds is 4. The van der Waals surface area contributed by atoms with Crippen molar-refractivity contribution in [1.29, 1.82) is 0 Å². The van der Waals surface area contributed by atoms with Crippen LogP contribution in [0.5, 0.6) is 0 Å². The molecule has 0 aliphatic heterocycles. The van der Waals surface area contributed by atoms with Gasteiger partial charge in [-0.3, -0.25) is 0 Å². The Morgan fingerprint density at radius 2 is 2.07 bits per heavy atom. The van der Waals surface area contributed by atoms with Crippen LogP contribution in [0, 0.1) is 5.92 Å². The van der Waals surface area contributed by atoms with E-state index < -0.39 is 0 Å². The molecule has 0 bridgehead atoms. The number of likely N-dealkylation sites (N-methyl/N-ethyl adjacent to an activating group) is 1. The van der Waals surface area contributed by atoms with E-state index in [0.717, 1.165) is 12.5 Å². The summed E-state index contributed by atoms with van der Waals surface area (Å²) in [4.78, 5) is 0. The first-order valence-electron chi connectivity index (χ1n) is 5.63. The number of nitrogens with one attached hydrogen (secondary N) is 1. The fourth-order valence-electron chi connectivity index (χ4n) is 2.69. The van der Waals surface area contributed by atoms with Crippen LogP contribution < -0.4 is 5.32 Å². The van der Waals surface area contributed by atoms with Crippen LogP contribution in [0.4, 0.5) is 0 Å². The van der Waals surface area contributed by atoms with Gasteiger partial charge in [-0.1, -0.05) is 41.4 Å². The van der Waals surface area contributed by atoms with Gasteiger partial charge in [0.15, 0.2) is 0 Å². The van der Waals surface area contributed by atoms with Crippen molar-refractivity contribution < 1.29 is 0 Å². The molecule has 1 N–H and O–H groups in total. The van der Waals surface area contributed by atoms with Gasteiger partial charge in [0.2, 0.25) is 0 Å². The van der Waals surface area contributed by atoms with Gasteiger partial charge < -0.3 is 5.32 Å². The highest BCUT2D eigenvalue weighted by atomic mass is 79.9. The minimum absolute atomic E-state index is 0.421. The summed E-state index contributed by atoms with van der Waals surface area (Å²) in [7, 11) is 2.05. The second-order valence-corrected chi connectivity index (χ2v) is 5.42. The first kappa shape index (κ1) is 11.2. The van der Waals surface area contributed by atoms with E-state index in [0.29, 0.717) is 5.41 Å². The number of benzene rings is 1. The molecule has 0 saturated heterocycles. The smallest absolute Gasteiger partial charge is 0.0175 e. The Morgan fingerprint density at radius 3 is 2.53 bits per heavy atom. The molecule has 2 rings (SSSR count). The molecular weight excluding hydrogens is 250 g/mol. The van der Waals surface area contributed by atoms with Crippen molar-refractivity contribution in [3.05, 3.63) is 34.3 Å². The maximum Gasteiger partial charge on any atom is 0.0175 e. The molecule has 1 nitrogen and oxygen atoms in total. The van der Waals surface area contributed by atoms with Gasteiger partial charge in [-0.05, 0) is 37.1 Å². The lowest BCUT2D eigenvalue weighted by Gasteiger charge is -2.17. The van der Waals surface area contributed by atoms with E-state index in [9.17, 15) is 0 Å². The Hall–Kier alpha value is -0.340. The van der Waals surface area contributed by atoms with Crippen molar-refractivity contribution in [3.8, 4) is 0 Å². The van der Waals surface area contributed by atoms with Gasteiger partial charge in [-0.2, -0.15) is 0 Å². The van der Waals surface area contributed by atoms with Crippen LogP contribution in [0.15, 0.2) is 28.7 Å². The lowest BCUT2D eigenvalue weighted by Crippen LogP contribution is -2.25. The molecule has 15 heavy (non-hydrogen) atoms. The number of hydrogen-bond acceptors (Lipinski definition) is 1. The second kappa shape index (κ2) is 4.26. The Balaban J connectivity index is 2.23. The highest BCUT2D eigenvalue weighted by molar-refractivity contribution is 9.10. The lowest BCUT2D eigenvalue weighted by atomic mass is 9.92. The monoisotopic (exact) mass is 267 g/mol. The maximum absolute atomic E-state index is 3.49. The summed E-state index contributed by atoms with van der Waals surface area (Å²) >= 11 is 3.49. The zero-order valence-corrected chi connectivity index (χ0v) is 11.0. The van der Waals surface area contributed by atoms with Gasteiger partial charge in [-0.15, -0.1) is 0 Å². The molecule has 0 amide bonds. The van der Waals surface area contributed by atoms with Crippen LogP contribution in [0.2, 0.25) is 0 Å². The predicted molar refractivity (Wildman–Crippen MR) is 68.1 cm³/mol. The van der Waals surface area contributed by atoms with E-state index >= 15 is 0 Å². The van der Waals surface area contributed by atoms with Crippen molar-refractivity contribution in [2.45, 2.75) is 25.2 Å². The van der Waals surface area contributed by atoms with E-state index in [-0.39, 0.29) is 0 Å². The Morgan fingerprint density at radius 1 is 1.40 bits per heavy atom. The van der Waals surface area contributed by atoms with Crippen LogP contribution in [-0.4, -0.2) is 13.6 Å². The summed E-state index contributed by atoms with van der Waals surface area (Å²) in [5.41, 5.74) is 1.91. The minimum Gasteiger partial charge on any atom is -0.319 e. The zero-order valence-electron chi connectivity index (χ0n) is 9.39. The Bertz CT molecular complexity index is 333. The van der Waals surface area contributed by atoms with Gasteiger partial charge in [0.05, 0.1) is 0 Å². The van der Waals surface area contributed by atoms with Crippen molar-refractivity contribution in [3.63, 3.8) is 0 Å². The predicted octanol–water partition coefficient (Wildman–Crippen LogP) is 3.34. The van der Waals surface area contributed by atoms with Gasteiger partial charge in [0.1, 0.15) is 0 Å². The maximum atomic E-state index is 3.49. The van der Waals surface area contributed by atoms with Crippen molar-refractivity contribution in [2.75, 3.05) is 13.6 Å². The highest BCUT2D eigenvalue weighted by Crippen LogP contribution is 2.55. The molecular formula is C13H18BrN. The largest absolute Gasteiger partial charge is 0.319 e. The molecule has 1 aromatic rings. The first-order valence-corrected chi connectivity index (χ1v) is 6.43. The number of halogens is 1. The minimum atomic E-state index is 0.421. The SMILES string of the molecule is CCC1CC1(CNC)c1ccc(Br)cc1. The normalized spacial score (nSPS) is 29.1. The van der Waals surface area contributed by atoms with Gasteiger partial charge in [0.25, 0.3) is 0 Å². The summed E-state index contributed by atoms with van der Waals surface area (Å²) < 4.78 is 1.17. The fraction of sp³-hybridized carbons (Fsp3) is 0.538. The average molecular weight is 268 g/mol. The molecule has 0 heterocycles. The van der Waals surface area contributed by atoms with E-state index in [1.807, 2.05) is 7.05 Å². The zero-order chi connectivity index (χ0) is 10.9. The van der Waals surface area contributed by atoms with Gasteiger partial charge in [0, 0.05) is 16.4 Å². The third kappa shape index (κ3) is 1.98. The molecule has 2 heteroatoms. The van der Waals surface area contributed by atoms with Gasteiger partial charge >= 0.3 is 0 Å². The molecule has 2 atom stereocenters. The highest BCUT2D eigenvalue weighted by Gasteiger charge is 2.53. The van der Waals surface area contributed by atoms with E-state index in [4.69, 9.17) is 0 Å². The summed E-state index contributed by atoms with van der Waals surface area (Å²) in [6.45, 7) is 3.40. The quantitative estimate of drug-likeness (QED) is 0.883. The Labute approximate surface area is 100 Å². The van der Waals surface area contributed by atoms with Crippen molar-refractivity contribution in [1.82, 2.24) is 5.32 Å². The van der Waals surface area contributed by atoms with Crippen LogP contribution >= 0.6 is 15.9 Å².